The van der Waals surface area contributed by atoms with Crippen molar-refractivity contribution in [2.75, 3.05) is 39.2 Å². The van der Waals surface area contributed by atoms with Gasteiger partial charge in [0.1, 0.15) is 5.82 Å². The highest BCUT2D eigenvalue weighted by Gasteiger charge is 2.36. The van der Waals surface area contributed by atoms with E-state index in [1.807, 2.05) is 19.9 Å². The van der Waals surface area contributed by atoms with Crippen LogP contribution in [0.25, 0.3) is 0 Å². The minimum absolute atomic E-state index is 0.0781. The lowest BCUT2D eigenvalue weighted by Crippen LogP contribution is -2.39. The number of aliphatic hydroxyl groups excluding tert-OH is 1. The number of halogens is 3. The first-order chi connectivity index (χ1) is 15.0. The van der Waals surface area contributed by atoms with Gasteiger partial charge in [0.2, 0.25) is 0 Å². The number of rotatable bonds is 6. The highest BCUT2D eigenvalue weighted by molar-refractivity contribution is 6.00. The number of amides is 1. The van der Waals surface area contributed by atoms with Gasteiger partial charge in [-0.1, -0.05) is 13.0 Å². The number of nitrogens with zero attached hydrogens (tertiary/aromatic N) is 3. The van der Waals surface area contributed by atoms with Gasteiger partial charge in [-0.2, -0.15) is 13.2 Å². The van der Waals surface area contributed by atoms with Gasteiger partial charge in [-0.05, 0) is 31.9 Å². The molecule has 0 radical (unpaired) electrons. The first-order valence-corrected chi connectivity index (χ1v) is 10.4. The fraction of sp³-hybridized carbons (Fsp3) is 0.545. The van der Waals surface area contributed by atoms with Crippen LogP contribution in [0.1, 0.15) is 43.1 Å². The molecule has 0 aliphatic carbocycles. The van der Waals surface area contributed by atoms with Gasteiger partial charge >= 0.3 is 6.18 Å². The van der Waals surface area contributed by atoms with Gasteiger partial charge in [0.05, 0.1) is 12.6 Å². The summed E-state index contributed by atoms with van der Waals surface area (Å²) in [6, 6.07) is 1.49. The largest absolute Gasteiger partial charge is 0.469 e. The third-order valence-electron chi connectivity index (χ3n) is 5.22. The molecule has 0 fully saturated rings. The summed E-state index contributed by atoms with van der Waals surface area (Å²) in [5.41, 5.74) is 3.01. The Morgan fingerprint density at radius 3 is 2.53 bits per heavy atom. The van der Waals surface area contributed by atoms with E-state index in [9.17, 15) is 18.0 Å². The lowest BCUT2D eigenvalue weighted by atomic mass is 10.0. The first-order valence-electron chi connectivity index (χ1n) is 10.4. The topological polar surface area (TPSA) is 77.9 Å². The number of aromatic nitrogens is 1. The molecule has 0 aromatic carbocycles. The minimum Gasteiger partial charge on any atom is -0.469 e. The van der Waals surface area contributed by atoms with Crippen LogP contribution in [-0.4, -0.2) is 71.9 Å². The van der Waals surface area contributed by atoms with Crippen molar-refractivity contribution in [2.24, 2.45) is 0 Å². The lowest BCUT2D eigenvalue weighted by molar-refractivity contribution is -0.169. The number of carbonyl (C=O) groups excluding carboxylic acids is 1. The second kappa shape index (κ2) is 10.7. The van der Waals surface area contributed by atoms with Crippen molar-refractivity contribution in [3.05, 3.63) is 46.5 Å². The Bertz CT molecular complexity index is 882. The van der Waals surface area contributed by atoms with Crippen molar-refractivity contribution in [2.45, 2.75) is 46.0 Å². The Balaban J connectivity index is 0.000000837. The molecule has 0 saturated heterocycles. The molecule has 2 aliphatic rings. The summed E-state index contributed by atoms with van der Waals surface area (Å²) < 4.78 is 42.4. The van der Waals surface area contributed by atoms with Crippen LogP contribution in [0.2, 0.25) is 0 Å². The van der Waals surface area contributed by atoms with E-state index in [-0.39, 0.29) is 17.8 Å². The number of fused-ring (bicyclic) bond motifs is 1. The van der Waals surface area contributed by atoms with Crippen LogP contribution >= 0.6 is 0 Å². The maximum atomic E-state index is 12.9. The van der Waals surface area contributed by atoms with E-state index in [2.05, 4.69) is 10.3 Å². The zero-order chi connectivity index (χ0) is 24.1. The lowest BCUT2D eigenvalue weighted by Gasteiger charge is -2.34. The second-order valence-electron chi connectivity index (χ2n) is 7.74. The number of aliphatic hydroxyl groups is 1. The van der Waals surface area contributed by atoms with Crippen molar-refractivity contribution in [3.63, 3.8) is 0 Å². The molecule has 1 atom stereocenters. The molecule has 0 saturated carbocycles. The van der Waals surface area contributed by atoms with E-state index >= 15 is 0 Å². The minimum atomic E-state index is -4.39. The Kier molecular flexibility index (Phi) is 8.54. The van der Waals surface area contributed by atoms with Crippen LogP contribution in [0, 0.1) is 0 Å². The molecule has 2 aliphatic heterocycles. The highest BCUT2D eigenvalue weighted by Crippen LogP contribution is 2.32. The van der Waals surface area contributed by atoms with Crippen LogP contribution in [0.15, 0.2) is 35.4 Å². The third-order valence-corrected chi connectivity index (χ3v) is 5.22. The number of nitrogens with one attached hydrogen (secondary N) is 1. The zero-order valence-corrected chi connectivity index (χ0v) is 19.1. The molecular formula is C22H31F3N4O3. The number of pyridine rings is 1. The maximum absolute atomic E-state index is 12.9. The smallest absolute Gasteiger partial charge is 0.422 e. The number of ether oxygens (including phenoxy) is 1. The molecule has 10 heteroatoms. The van der Waals surface area contributed by atoms with E-state index in [4.69, 9.17) is 9.84 Å². The summed E-state index contributed by atoms with van der Waals surface area (Å²) in [6.45, 7) is 5.36. The number of alkyl halides is 3. The van der Waals surface area contributed by atoms with E-state index in [1.165, 1.54) is 0 Å². The van der Waals surface area contributed by atoms with E-state index in [0.717, 1.165) is 17.6 Å². The fourth-order valence-corrected chi connectivity index (χ4v) is 3.64. The van der Waals surface area contributed by atoms with E-state index < -0.39 is 12.8 Å². The molecule has 1 amide bonds. The molecule has 0 spiro atoms. The number of hydrogen-bond donors (Lipinski definition) is 2. The van der Waals surface area contributed by atoms with Gasteiger partial charge in [-0.3, -0.25) is 4.79 Å². The average Bonchev–Trinajstić information content (AvgIpc) is 3.08. The molecule has 0 bridgehead atoms. The molecule has 178 valence electrons. The Labute approximate surface area is 186 Å². The molecule has 1 aromatic heterocycles. The third kappa shape index (κ3) is 5.93. The number of carbonyl (C=O) groups is 1. The van der Waals surface area contributed by atoms with Gasteiger partial charge in [0.25, 0.3) is 5.91 Å². The molecule has 1 unspecified atom stereocenters. The van der Waals surface area contributed by atoms with Crippen LogP contribution in [0.5, 0.6) is 0 Å². The second-order valence-corrected chi connectivity index (χ2v) is 7.74. The molecule has 2 N–H and O–H groups in total. The van der Waals surface area contributed by atoms with Gasteiger partial charge in [-0.25, -0.2) is 4.98 Å². The Morgan fingerprint density at radius 2 is 2.00 bits per heavy atom. The predicted octanol–water partition coefficient (Wildman–Crippen LogP) is 3.54. The number of anilines is 1. The Morgan fingerprint density at radius 1 is 1.34 bits per heavy atom. The van der Waals surface area contributed by atoms with Crippen molar-refractivity contribution in [1.29, 1.82) is 0 Å². The summed E-state index contributed by atoms with van der Waals surface area (Å²) in [7, 11) is 3.44. The summed E-state index contributed by atoms with van der Waals surface area (Å²) in [5.74, 6) is 0.797. The van der Waals surface area contributed by atoms with Gasteiger partial charge < -0.3 is 25.0 Å². The summed E-state index contributed by atoms with van der Waals surface area (Å²) in [6.07, 6.45) is -0.108. The summed E-state index contributed by atoms with van der Waals surface area (Å²) in [4.78, 5) is 20.5. The maximum Gasteiger partial charge on any atom is 0.422 e. The predicted molar refractivity (Wildman–Crippen MR) is 116 cm³/mol. The molecule has 32 heavy (non-hydrogen) atoms. The van der Waals surface area contributed by atoms with Crippen molar-refractivity contribution in [3.8, 4) is 0 Å². The monoisotopic (exact) mass is 456 g/mol. The van der Waals surface area contributed by atoms with Crippen LogP contribution in [0.4, 0.5) is 19.0 Å². The molecule has 1 aromatic rings. The number of likely N-dealkylation sites (N-methyl/N-ethyl adjacent to an activating group) is 1. The van der Waals surface area contributed by atoms with E-state index in [0.29, 0.717) is 36.7 Å². The van der Waals surface area contributed by atoms with Crippen molar-refractivity contribution < 1.29 is 27.8 Å². The van der Waals surface area contributed by atoms with Crippen molar-refractivity contribution >= 4 is 11.7 Å². The molecule has 3 heterocycles. The molecule has 3 rings (SSSR count). The van der Waals surface area contributed by atoms with Crippen LogP contribution in [-0.2, 0) is 11.3 Å². The average molecular weight is 457 g/mol. The first kappa shape index (κ1) is 25.5. The normalized spacial score (nSPS) is 16.9. The van der Waals surface area contributed by atoms with E-state index in [1.54, 1.807) is 43.1 Å². The van der Waals surface area contributed by atoms with Crippen molar-refractivity contribution in [1.82, 2.24) is 14.8 Å². The SMILES string of the molecule is CCCO.CNc1nccc2c1CN(C(C)C1=CC(C)=C(OCC(F)(F)F)N(C)C1)C2=O. The number of hydrogen-bond acceptors (Lipinski definition) is 6. The zero-order valence-electron chi connectivity index (χ0n) is 19.1. The van der Waals surface area contributed by atoms with Gasteiger partial charge in [-0.15, -0.1) is 0 Å². The summed E-state index contributed by atoms with van der Waals surface area (Å²) in [5, 5.41) is 10.9. The highest BCUT2D eigenvalue weighted by atomic mass is 19.4. The fourth-order valence-electron chi connectivity index (χ4n) is 3.64. The molecular weight excluding hydrogens is 425 g/mol. The van der Waals surface area contributed by atoms with Crippen LogP contribution in [0.3, 0.4) is 0 Å². The standard InChI is InChI=1S/C19H23F3N4O2.C3H8O/c1-11-7-13(8-25(4)18(11)28-10-19(20,21)22)12(2)26-9-15-14(17(26)27)5-6-24-16(15)23-3;1-2-3-4/h5-7,12H,8-10H2,1-4H3,(H,23,24);4H,2-3H2,1H3. The quantitative estimate of drug-likeness (QED) is 0.682. The van der Waals surface area contributed by atoms with Gasteiger partial charge in [0, 0.05) is 50.1 Å². The van der Waals surface area contributed by atoms with Crippen LogP contribution < -0.4 is 5.32 Å². The number of allylic oxidation sites excluding steroid dienone is 2. The molecule has 7 nitrogen and oxygen atoms in total. The Hall–Kier alpha value is -2.75. The van der Waals surface area contributed by atoms with Gasteiger partial charge in [0.15, 0.2) is 12.5 Å². The summed E-state index contributed by atoms with van der Waals surface area (Å²) >= 11 is 0.